The Kier molecular flexibility index (Phi) is 4.76. The van der Waals surface area contributed by atoms with E-state index in [1.165, 1.54) is 0 Å². The fourth-order valence-corrected chi connectivity index (χ4v) is 3.30. The number of nitrogens with zero attached hydrogens (tertiary/aromatic N) is 2. The fraction of sp³-hybridized carbons (Fsp3) is 0.174. The number of fused-ring (bicyclic) bond motifs is 1. The summed E-state index contributed by atoms with van der Waals surface area (Å²) in [6.45, 7) is 3.48. The lowest BCUT2D eigenvalue weighted by Gasteiger charge is -2.05. The van der Waals surface area contributed by atoms with E-state index in [-0.39, 0.29) is 12.4 Å². The number of carbonyl (C=O) groups is 2. The molecule has 0 saturated carbocycles. The SMILES string of the molecule is Cc1cc(C(=O)COC(=O)c2ccc3noc(-c4ccccc4)c3c2)c(C)n1C. The zero-order valence-corrected chi connectivity index (χ0v) is 16.4. The number of hydrogen-bond acceptors (Lipinski definition) is 5. The first-order chi connectivity index (χ1) is 14.0. The fourth-order valence-electron chi connectivity index (χ4n) is 3.30. The zero-order chi connectivity index (χ0) is 20.5. The van der Waals surface area contributed by atoms with Crippen molar-refractivity contribution in [2.75, 3.05) is 6.61 Å². The zero-order valence-electron chi connectivity index (χ0n) is 16.4. The van der Waals surface area contributed by atoms with E-state index in [1.54, 1.807) is 24.3 Å². The molecule has 4 rings (SSSR count). The highest BCUT2D eigenvalue weighted by Gasteiger charge is 2.18. The molecule has 2 aromatic heterocycles. The minimum absolute atomic E-state index is 0.226. The lowest BCUT2D eigenvalue weighted by molar-refractivity contribution is 0.0474. The number of rotatable bonds is 5. The van der Waals surface area contributed by atoms with Gasteiger partial charge in [-0.05, 0) is 38.1 Å². The van der Waals surface area contributed by atoms with Crippen LogP contribution in [0.25, 0.3) is 22.2 Å². The summed E-state index contributed by atoms with van der Waals surface area (Å²) in [4.78, 5) is 25.0. The van der Waals surface area contributed by atoms with Crippen LogP contribution in [0.15, 0.2) is 59.1 Å². The van der Waals surface area contributed by atoms with Gasteiger partial charge in [0.1, 0.15) is 5.52 Å². The summed E-state index contributed by atoms with van der Waals surface area (Å²) in [5.74, 6) is -0.205. The van der Waals surface area contributed by atoms with Gasteiger partial charge in [0.15, 0.2) is 12.4 Å². The van der Waals surface area contributed by atoms with Gasteiger partial charge >= 0.3 is 5.97 Å². The standard InChI is InChI=1S/C23H20N2O4/c1-14-11-18(15(2)25(14)3)21(26)13-28-23(27)17-9-10-20-19(12-17)22(29-24-20)16-7-5-4-6-8-16/h4-12H,13H2,1-3H3. The molecule has 29 heavy (non-hydrogen) atoms. The predicted molar refractivity (Wildman–Crippen MR) is 109 cm³/mol. The molecule has 0 fully saturated rings. The maximum Gasteiger partial charge on any atom is 0.338 e. The van der Waals surface area contributed by atoms with Gasteiger partial charge in [-0.1, -0.05) is 35.5 Å². The first-order valence-electron chi connectivity index (χ1n) is 9.24. The molecule has 146 valence electrons. The largest absolute Gasteiger partial charge is 0.454 e. The number of ketones is 1. The van der Waals surface area contributed by atoms with Crippen LogP contribution < -0.4 is 0 Å². The summed E-state index contributed by atoms with van der Waals surface area (Å²) >= 11 is 0. The molecule has 0 bridgehead atoms. The van der Waals surface area contributed by atoms with Crippen molar-refractivity contribution in [3.63, 3.8) is 0 Å². The second-order valence-electron chi connectivity index (χ2n) is 6.95. The molecule has 0 radical (unpaired) electrons. The Morgan fingerprint density at radius 2 is 1.83 bits per heavy atom. The minimum atomic E-state index is -0.564. The molecule has 0 atom stereocenters. The number of esters is 1. The van der Waals surface area contributed by atoms with Crippen molar-refractivity contribution >= 4 is 22.7 Å². The molecule has 0 aliphatic heterocycles. The van der Waals surface area contributed by atoms with Crippen LogP contribution in [0.4, 0.5) is 0 Å². The summed E-state index contributed by atoms with van der Waals surface area (Å²) in [7, 11) is 1.89. The van der Waals surface area contributed by atoms with Crippen molar-refractivity contribution < 1.29 is 18.8 Å². The van der Waals surface area contributed by atoms with Crippen molar-refractivity contribution in [3.05, 3.63) is 77.1 Å². The summed E-state index contributed by atoms with van der Waals surface area (Å²) in [6.07, 6.45) is 0. The van der Waals surface area contributed by atoms with Gasteiger partial charge in [0.05, 0.1) is 10.9 Å². The van der Waals surface area contributed by atoms with Crippen LogP contribution in [0.5, 0.6) is 0 Å². The van der Waals surface area contributed by atoms with E-state index in [9.17, 15) is 9.59 Å². The van der Waals surface area contributed by atoms with Crippen LogP contribution in [0, 0.1) is 13.8 Å². The molecule has 4 aromatic rings. The highest BCUT2D eigenvalue weighted by molar-refractivity contribution is 6.02. The summed E-state index contributed by atoms with van der Waals surface area (Å²) < 4.78 is 12.7. The Balaban J connectivity index is 1.54. The van der Waals surface area contributed by atoms with Crippen LogP contribution in [-0.2, 0) is 11.8 Å². The predicted octanol–water partition coefficient (Wildman–Crippen LogP) is 4.49. The number of aryl methyl sites for hydroxylation is 1. The molecule has 0 spiro atoms. The maximum absolute atomic E-state index is 12.5. The third-order valence-electron chi connectivity index (χ3n) is 5.16. The molecule has 2 aromatic carbocycles. The van der Waals surface area contributed by atoms with Crippen LogP contribution in [-0.4, -0.2) is 28.1 Å². The molecule has 6 nitrogen and oxygen atoms in total. The number of hydrogen-bond donors (Lipinski definition) is 0. The number of benzene rings is 2. The molecule has 0 aliphatic carbocycles. The van der Waals surface area contributed by atoms with Gasteiger partial charge in [-0.2, -0.15) is 0 Å². The lowest BCUT2D eigenvalue weighted by atomic mass is 10.1. The van der Waals surface area contributed by atoms with Crippen molar-refractivity contribution in [2.24, 2.45) is 7.05 Å². The average Bonchev–Trinajstić information content (AvgIpc) is 3.28. The molecule has 0 saturated heterocycles. The van der Waals surface area contributed by atoms with Gasteiger partial charge in [-0.15, -0.1) is 0 Å². The molecular weight excluding hydrogens is 368 g/mol. The number of ether oxygens (including phenoxy) is 1. The van der Waals surface area contributed by atoms with E-state index in [0.29, 0.717) is 27.8 Å². The minimum Gasteiger partial charge on any atom is -0.454 e. The van der Waals surface area contributed by atoms with E-state index in [1.807, 2.05) is 55.8 Å². The highest BCUT2D eigenvalue weighted by atomic mass is 16.5. The quantitative estimate of drug-likeness (QED) is 0.372. The summed E-state index contributed by atoms with van der Waals surface area (Å²) in [6, 6.07) is 16.3. The van der Waals surface area contributed by atoms with E-state index in [4.69, 9.17) is 9.26 Å². The van der Waals surface area contributed by atoms with Crippen molar-refractivity contribution in [2.45, 2.75) is 13.8 Å². The lowest BCUT2D eigenvalue weighted by Crippen LogP contribution is -2.15. The van der Waals surface area contributed by atoms with Gasteiger partial charge in [-0.3, -0.25) is 4.79 Å². The molecule has 0 unspecified atom stereocenters. The normalized spacial score (nSPS) is 11.0. The number of aromatic nitrogens is 2. The Morgan fingerprint density at radius 3 is 2.52 bits per heavy atom. The smallest absolute Gasteiger partial charge is 0.338 e. The first-order valence-corrected chi connectivity index (χ1v) is 9.24. The van der Waals surface area contributed by atoms with Gasteiger partial charge in [-0.25, -0.2) is 4.79 Å². The third-order valence-corrected chi connectivity index (χ3v) is 5.16. The van der Waals surface area contributed by atoms with Crippen LogP contribution in [0.2, 0.25) is 0 Å². The van der Waals surface area contributed by atoms with E-state index in [2.05, 4.69) is 5.16 Å². The monoisotopic (exact) mass is 388 g/mol. The van der Waals surface area contributed by atoms with E-state index in [0.717, 1.165) is 17.0 Å². The van der Waals surface area contributed by atoms with Crippen molar-refractivity contribution in [1.29, 1.82) is 0 Å². The van der Waals surface area contributed by atoms with E-state index >= 15 is 0 Å². The Hall–Kier alpha value is -3.67. The molecular formula is C23H20N2O4. The van der Waals surface area contributed by atoms with Gasteiger partial charge < -0.3 is 13.8 Å². The van der Waals surface area contributed by atoms with Gasteiger partial charge in [0, 0.05) is 29.6 Å². The molecule has 0 amide bonds. The van der Waals surface area contributed by atoms with Crippen LogP contribution in [0.1, 0.15) is 32.1 Å². The Bertz CT molecular complexity index is 1220. The maximum atomic E-state index is 12.5. The second kappa shape index (κ2) is 7.39. The van der Waals surface area contributed by atoms with E-state index < -0.39 is 5.97 Å². The van der Waals surface area contributed by atoms with Gasteiger partial charge in [0.25, 0.3) is 0 Å². The molecule has 0 N–H and O–H groups in total. The van der Waals surface area contributed by atoms with Crippen LogP contribution >= 0.6 is 0 Å². The second-order valence-corrected chi connectivity index (χ2v) is 6.95. The topological polar surface area (TPSA) is 74.3 Å². The first kappa shape index (κ1) is 18.7. The third kappa shape index (κ3) is 3.45. The summed E-state index contributed by atoms with van der Waals surface area (Å²) in [5.41, 5.74) is 4.24. The Labute approximate surface area is 167 Å². The molecule has 2 heterocycles. The van der Waals surface area contributed by atoms with Gasteiger partial charge in [0.2, 0.25) is 5.78 Å². The summed E-state index contributed by atoms with van der Waals surface area (Å²) in [5, 5.41) is 4.76. The number of carbonyl (C=O) groups excluding carboxylic acids is 2. The Morgan fingerprint density at radius 1 is 1.07 bits per heavy atom. The molecule has 0 aliphatic rings. The number of Topliss-reactive ketones (excluding diaryl/α,β-unsaturated/α-hetero) is 1. The van der Waals surface area contributed by atoms with Crippen molar-refractivity contribution in [3.8, 4) is 11.3 Å². The van der Waals surface area contributed by atoms with Crippen molar-refractivity contribution in [1.82, 2.24) is 9.72 Å². The highest BCUT2D eigenvalue weighted by Crippen LogP contribution is 2.29. The average molecular weight is 388 g/mol. The molecule has 6 heteroatoms. The van der Waals surface area contributed by atoms with Crippen LogP contribution in [0.3, 0.4) is 0 Å².